The van der Waals surface area contributed by atoms with Crippen LogP contribution in [-0.2, 0) is 11.2 Å². The minimum Gasteiger partial charge on any atom is -0.380 e. The fraction of sp³-hybridized carbons (Fsp3) is 0.600. The van der Waals surface area contributed by atoms with E-state index in [1.807, 2.05) is 18.2 Å². The van der Waals surface area contributed by atoms with E-state index in [4.69, 9.17) is 16.3 Å². The molecule has 0 aliphatic rings. The molecule has 1 aromatic rings. The van der Waals surface area contributed by atoms with Crippen molar-refractivity contribution in [2.45, 2.75) is 39.3 Å². The van der Waals surface area contributed by atoms with Crippen LogP contribution < -0.4 is 5.32 Å². The van der Waals surface area contributed by atoms with Gasteiger partial charge in [0.25, 0.3) is 0 Å². The van der Waals surface area contributed by atoms with Crippen LogP contribution in [0.3, 0.4) is 0 Å². The van der Waals surface area contributed by atoms with Gasteiger partial charge in [-0.05, 0) is 36.6 Å². The molecule has 2 nitrogen and oxygen atoms in total. The highest BCUT2D eigenvalue weighted by molar-refractivity contribution is 6.30. The molecule has 1 rings (SSSR count). The second-order valence-electron chi connectivity index (χ2n) is 4.94. The van der Waals surface area contributed by atoms with E-state index in [0.29, 0.717) is 12.0 Å². The average molecular weight is 270 g/mol. The summed E-state index contributed by atoms with van der Waals surface area (Å²) in [7, 11) is 1.78. The number of hydrogen-bond acceptors (Lipinski definition) is 2. The average Bonchev–Trinajstić information content (AvgIpc) is 2.29. The van der Waals surface area contributed by atoms with Gasteiger partial charge in [0.2, 0.25) is 0 Å². The van der Waals surface area contributed by atoms with Gasteiger partial charge in [-0.15, -0.1) is 0 Å². The molecule has 2 unspecified atom stereocenters. The van der Waals surface area contributed by atoms with Crippen LogP contribution in [0.1, 0.15) is 26.3 Å². The molecule has 3 heteroatoms. The van der Waals surface area contributed by atoms with Crippen molar-refractivity contribution in [2.24, 2.45) is 5.92 Å². The minimum atomic E-state index is 0.212. The Morgan fingerprint density at radius 2 is 2.06 bits per heavy atom. The molecule has 1 aromatic carbocycles. The highest BCUT2D eigenvalue weighted by atomic mass is 35.5. The second-order valence-corrected chi connectivity index (χ2v) is 5.38. The maximum Gasteiger partial charge on any atom is 0.0750 e. The predicted octanol–water partition coefficient (Wildman–Crippen LogP) is 3.53. The van der Waals surface area contributed by atoms with E-state index in [1.165, 1.54) is 5.56 Å². The number of hydrogen-bond donors (Lipinski definition) is 1. The van der Waals surface area contributed by atoms with Crippen molar-refractivity contribution < 1.29 is 4.74 Å². The van der Waals surface area contributed by atoms with Gasteiger partial charge in [0, 0.05) is 18.2 Å². The molecule has 0 spiro atoms. The first-order valence-corrected chi connectivity index (χ1v) is 6.96. The van der Waals surface area contributed by atoms with Crippen molar-refractivity contribution in [3.63, 3.8) is 0 Å². The van der Waals surface area contributed by atoms with Crippen LogP contribution in [0.5, 0.6) is 0 Å². The number of rotatable bonds is 7. The lowest BCUT2D eigenvalue weighted by Gasteiger charge is -2.30. The molecule has 0 amide bonds. The standard InChI is InChI=1S/C15H24ClNO/c1-5-17-14(15(18-4)11(2)3)10-12-7-6-8-13(16)9-12/h6-9,11,14-15,17H,5,10H2,1-4H3. The molecule has 0 aromatic heterocycles. The van der Waals surface area contributed by atoms with Gasteiger partial charge >= 0.3 is 0 Å². The first kappa shape index (κ1) is 15.5. The molecular weight excluding hydrogens is 246 g/mol. The van der Waals surface area contributed by atoms with Crippen molar-refractivity contribution in [1.82, 2.24) is 5.32 Å². The van der Waals surface area contributed by atoms with Crippen LogP contribution in [0.4, 0.5) is 0 Å². The lowest BCUT2D eigenvalue weighted by Crippen LogP contribution is -2.45. The normalized spacial score (nSPS) is 14.8. The van der Waals surface area contributed by atoms with Crippen molar-refractivity contribution in [2.75, 3.05) is 13.7 Å². The molecule has 2 atom stereocenters. The number of ether oxygens (including phenoxy) is 1. The van der Waals surface area contributed by atoms with E-state index in [2.05, 4.69) is 32.2 Å². The van der Waals surface area contributed by atoms with E-state index in [-0.39, 0.29) is 6.10 Å². The first-order chi connectivity index (χ1) is 8.58. The Hall–Kier alpha value is -0.570. The Balaban J connectivity index is 2.79. The quantitative estimate of drug-likeness (QED) is 0.818. The van der Waals surface area contributed by atoms with Gasteiger partial charge in [0.15, 0.2) is 0 Å². The van der Waals surface area contributed by atoms with Crippen LogP contribution in [0.15, 0.2) is 24.3 Å². The Morgan fingerprint density at radius 1 is 1.33 bits per heavy atom. The Labute approximate surface area is 116 Å². The van der Waals surface area contributed by atoms with E-state index in [9.17, 15) is 0 Å². The van der Waals surface area contributed by atoms with Gasteiger partial charge in [-0.2, -0.15) is 0 Å². The summed E-state index contributed by atoms with van der Waals surface area (Å²) in [6.07, 6.45) is 1.15. The van der Waals surface area contributed by atoms with E-state index in [1.54, 1.807) is 7.11 Å². The monoisotopic (exact) mass is 269 g/mol. The smallest absolute Gasteiger partial charge is 0.0750 e. The van der Waals surface area contributed by atoms with Gasteiger partial charge in [-0.25, -0.2) is 0 Å². The largest absolute Gasteiger partial charge is 0.380 e. The van der Waals surface area contributed by atoms with Crippen LogP contribution in [-0.4, -0.2) is 25.8 Å². The van der Waals surface area contributed by atoms with Crippen LogP contribution in [0.2, 0.25) is 5.02 Å². The first-order valence-electron chi connectivity index (χ1n) is 6.59. The number of benzene rings is 1. The van der Waals surface area contributed by atoms with Gasteiger partial charge in [0.05, 0.1) is 6.10 Å². The topological polar surface area (TPSA) is 21.3 Å². The van der Waals surface area contributed by atoms with Gasteiger partial charge in [0.1, 0.15) is 0 Å². The number of methoxy groups -OCH3 is 1. The van der Waals surface area contributed by atoms with Crippen molar-refractivity contribution in [3.8, 4) is 0 Å². The number of nitrogens with one attached hydrogen (secondary N) is 1. The van der Waals surface area contributed by atoms with Crippen LogP contribution in [0.25, 0.3) is 0 Å². The second kappa shape index (κ2) is 7.78. The summed E-state index contributed by atoms with van der Waals surface area (Å²) in [5, 5.41) is 4.31. The highest BCUT2D eigenvalue weighted by Gasteiger charge is 2.23. The zero-order valence-electron chi connectivity index (χ0n) is 11.7. The number of likely N-dealkylation sites (N-methyl/N-ethyl adjacent to an activating group) is 1. The fourth-order valence-corrected chi connectivity index (χ4v) is 2.60. The van der Waals surface area contributed by atoms with E-state index >= 15 is 0 Å². The summed E-state index contributed by atoms with van der Waals surface area (Å²) in [4.78, 5) is 0. The molecule has 18 heavy (non-hydrogen) atoms. The third-order valence-corrected chi connectivity index (χ3v) is 3.37. The van der Waals surface area contributed by atoms with Gasteiger partial charge in [-0.1, -0.05) is 44.5 Å². The minimum absolute atomic E-state index is 0.212. The summed E-state index contributed by atoms with van der Waals surface area (Å²) in [5.41, 5.74) is 1.25. The van der Waals surface area contributed by atoms with Gasteiger partial charge in [-0.3, -0.25) is 0 Å². The molecule has 0 aliphatic carbocycles. The molecular formula is C15H24ClNO. The highest BCUT2D eigenvalue weighted by Crippen LogP contribution is 2.17. The Kier molecular flexibility index (Phi) is 6.69. The molecule has 0 radical (unpaired) electrons. The summed E-state index contributed by atoms with van der Waals surface area (Å²) in [6.45, 7) is 7.45. The maximum atomic E-state index is 6.03. The molecule has 0 aliphatic heterocycles. The summed E-state index contributed by atoms with van der Waals surface area (Å²) in [5.74, 6) is 0.484. The lowest BCUT2D eigenvalue weighted by molar-refractivity contribution is 0.0337. The lowest BCUT2D eigenvalue weighted by atomic mass is 9.94. The molecule has 0 saturated heterocycles. The van der Waals surface area contributed by atoms with Crippen molar-refractivity contribution >= 4 is 11.6 Å². The van der Waals surface area contributed by atoms with E-state index in [0.717, 1.165) is 18.0 Å². The molecule has 0 saturated carbocycles. The molecule has 0 fully saturated rings. The van der Waals surface area contributed by atoms with Gasteiger partial charge < -0.3 is 10.1 Å². The summed E-state index contributed by atoms with van der Waals surface area (Å²) in [6, 6.07) is 8.36. The summed E-state index contributed by atoms with van der Waals surface area (Å²) < 4.78 is 5.63. The maximum absolute atomic E-state index is 6.03. The predicted molar refractivity (Wildman–Crippen MR) is 78.3 cm³/mol. The summed E-state index contributed by atoms with van der Waals surface area (Å²) >= 11 is 6.03. The van der Waals surface area contributed by atoms with Crippen LogP contribution in [0, 0.1) is 5.92 Å². The fourth-order valence-electron chi connectivity index (χ4n) is 2.39. The Morgan fingerprint density at radius 3 is 2.56 bits per heavy atom. The van der Waals surface area contributed by atoms with Crippen molar-refractivity contribution in [1.29, 1.82) is 0 Å². The third kappa shape index (κ3) is 4.60. The zero-order valence-corrected chi connectivity index (χ0v) is 12.5. The zero-order chi connectivity index (χ0) is 13.5. The number of halogens is 1. The Bertz CT molecular complexity index is 354. The SMILES string of the molecule is CCNC(Cc1cccc(Cl)c1)C(OC)C(C)C. The van der Waals surface area contributed by atoms with E-state index < -0.39 is 0 Å². The molecule has 0 bridgehead atoms. The van der Waals surface area contributed by atoms with Crippen molar-refractivity contribution in [3.05, 3.63) is 34.9 Å². The molecule has 1 N–H and O–H groups in total. The molecule has 0 heterocycles. The van der Waals surface area contributed by atoms with Crippen LogP contribution >= 0.6 is 11.6 Å². The molecule has 102 valence electrons. The third-order valence-electron chi connectivity index (χ3n) is 3.14.